The van der Waals surface area contributed by atoms with Gasteiger partial charge in [0.2, 0.25) is 0 Å². The molecule has 0 heterocycles. The van der Waals surface area contributed by atoms with Gasteiger partial charge in [0.1, 0.15) is 0 Å². The predicted molar refractivity (Wildman–Crippen MR) is 120 cm³/mol. The third-order valence-corrected chi connectivity index (χ3v) is 0. The Morgan fingerprint density at radius 1 is 0.250 bits per heavy atom. The summed E-state index contributed by atoms with van der Waals surface area (Å²) in [6.45, 7) is 9.56. The Morgan fingerprint density at radius 3 is 0.250 bits per heavy atom. The van der Waals surface area contributed by atoms with Crippen LogP contribution in [0.2, 0.25) is 0 Å². The Balaban J connectivity index is -0.0000000180. The predicted octanol–water partition coefficient (Wildman–Crippen LogP) is 4.67. The molecule has 0 atom stereocenters. The van der Waals surface area contributed by atoms with Gasteiger partial charge in [-0.2, -0.15) is 0 Å². The van der Waals surface area contributed by atoms with Crippen LogP contribution in [0.4, 0.5) is 0 Å². The molecule has 8 amide bonds. The molecule has 20 heteroatoms. The van der Waals surface area contributed by atoms with Crippen LogP contribution >= 0.6 is 0 Å². The molecule has 0 fully saturated rings. The maximum absolute atomic E-state index is 9.11. The number of amides is 8. The van der Waals surface area contributed by atoms with E-state index in [1.165, 1.54) is 55.4 Å². The van der Waals surface area contributed by atoms with Gasteiger partial charge in [-0.25, -0.2) is 0 Å². The topological polar surface area (TPSA) is 327 Å². The van der Waals surface area contributed by atoms with Gasteiger partial charge in [0, 0.05) is 151 Å². The minimum Gasteiger partial charge on any atom is -0.668 e. The molecule has 0 unspecified atom stereocenters. The summed E-state index contributed by atoms with van der Waals surface area (Å²) >= 11 is 0. The van der Waals surface area contributed by atoms with Crippen LogP contribution in [-0.4, -0.2) is 47.3 Å². The van der Waals surface area contributed by atoms with Gasteiger partial charge in [0.25, 0.3) is 0 Å². The Bertz CT molecular complexity index is 394. The van der Waals surface area contributed by atoms with E-state index in [0.29, 0.717) is 0 Å². The Hall–Kier alpha value is -0.759. The van der Waals surface area contributed by atoms with Gasteiger partial charge in [-0.3, -0.25) is 0 Å². The molecule has 0 aliphatic heterocycles. The van der Waals surface area contributed by atoms with E-state index in [1.54, 1.807) is 0 Å². The summed E-state index contributed by atoms with van der Waals surface area (Å²) in [4.78, 5) is 72.9. The van der Waals surface area contributed by atoms with Crippen molar-refractivity contribution in [3.63, 3.8) is 0 Å². The number of carbonyl (C=O) groups is 8. The Kier molecular flexibility index (Phi) is 149. The molecule has 208 valence electrons. The maximum Gasteiger partial charge on any atom is 0.0456 e. The number of hydrogen-bond donors (Lipinski definition) is 0. The van der Waals surface area contributed by atoms with Crippen LogP contribution in [0.1, 0.15) is 55.4 Å². The van der Waals surface area contributed by atoms with Crippen molar-refractivity contribution in [2.75, 3.05) is 0 Å². The maximum atomic E-state index is 9.11. The van der Waals surface area contributed by atoms with Gasteiger partial charge in [-0.1, -0.05) is 0 Å². The molecule has 0 aromatic rings. The van der Waals surface area contributed by atoms with Crippen molar-refractivity contribution in [1.29, 1.82) is 0 Å². The molecular weight excluding hydrogens is 1150 g/mol. The van der Waals surface area contributed by atoms with Crippen molar-refractivity contribution in [3.05, 3.63) is 45.9 Å². The van der Waals surface area contributed by atoms with Crippen molar-refractivity contribution in [3.8, 4) is 0 Å². The standard InChI is InChI=1S/8C2H5NO.4Hf/c8*1-2(3)4;;;;/h8*1H3,(H2,3,4);;;;/p-8. The Labute approximate surface area is 287 Å². The largest absolute Gasteiger partial charge is 0.668 e. The van der Waals surface area contributed by atoms with Crippen molar-refractivity contribution in [2.24, 2.45) is 0 Å². The number of nitrogens with one attached hydrogen (secondary N) is 8. The molecule has 16 nitrogen and oxygen atoms in total. The van der Waals surface area contributed by atoms with E-state index in [4.69, 9.17) is 84.2 Å². The molecule has 8 N–H and O–H groups in total. The summed E-state index contributed by atoms with van der Waals surface area (Å²) in [5, 5.41) is 0. The molecule has 0 saturated carbocycles. The van der Waals surface area contributed by atoms with Gasteiger partial charge < -0.3 is 84.2 Å². The second kappa shape index (κ2) is 70.0. The normalized spacial score (nSPS) is 5.56. The summed E-state index contributed by atoms with van der Waals surface area (Å²) in [6.07, 6.45) is 0. The number of rotatable bonds is 0. The molecule has 0 aliphatic rings. The van der Waals surface area contributed by atoms with E-state index >= 15 is 0 Å². The first-order chi connectivity index (χ1) is 13.9. The van der Waals surface area contributed by atoms with Crippen molar-refractivity contribution >= 4 is 47.3 Å². The molecule has 0 aromatic heterocycles. The third-order valence-electron chi connectivity index (χ3n) is 0. The number of carbonyl (C=O) groups excluding carboxylic acids is 8. The van der Waals surface area contributed by atoms with Crippen LogP contribution in [0.5, 0.6) is 0 Å². The van der Waals surface area contributed by atoms with Crippen LogP contribution in [0.25, 0.3) is 45.9 Å². The second-order valence-corrected chi connectivity index (χ2v) is 4.45. The SMILES string of the molecule is CC([NH-])=O.CC([NH-])=O.CC([NH-])=O.CC([NH-])=O.CC([NH-])=O.CC([NH-])=O.CC([NH-])=O.CC([NH-])=O.[Hf].[Hf].[Hf].[Hf]. The van der Waals surface area contributed by atoms with Crippen LogP contribution in [0.3, 0.4) is 0 Å². The van der Waals surface area contributed by atoms with Crippen LogP contribution in [0, 0.1) is 0 Å². The van der Waals surface area contributed by atoms with Gasteiger partial charge in [-0.15, -0.1) is 0 Å². The fourth-order valence-corrected chi connectivity index (χ4v) is 0. The minimum atomic E-state index is -0.583. The van der Waals surface area contributed by atoms with Gasteiger partial charge in [0.15, 0.2) is 0 Å². The van der Waals surface area contributed by atoms with E-state index in [0.717, 1.165) is 0 Å². The summed E-state index contributed by atoms with van der Waals surface area (Å²) < 4.78 is 0. The molecule has 0 rings (SSSR count). The molecule has 0 saturated heterocycles. The van der Waals surface area contributed by atoms with Gasteiger partial charge in [-0.05, 0) is 55.4 Å². The van der Waals surface area contributed by atoms with E-state index in [1.807, 2.05) is 0 Å². The zero-order chi connectivity index (χ0) is 28.6. The first-order valence-electron chi connectivity index (χ1n) is 7.63. The summed E-state index contributed by atoms with van der Waals surface area (Å²) in [7, 11) is 0. The smallest absolute Gasteiger partial charge is 0.0456 e. The fraction of sp³-hybridized carbons (Fsp3) is 0.500. The first kappa shape index (κ1) is 76.5. The number of hydrogen-bond acceptors (Lipinski definition) is 8. The van der Waals surface area contributed by atoms with E-state index in [2.05, 4.69) is 0 Å². The molecule has 0 aliphatic carbocycles. The van der Waals surface area contributed by atoms with Crippen LogP contribution in [-0.2, 0) is 142 Å². The monoisotopic (exact) mass is 1180 g/mol. The average molecular weight is 1180 g/mol. The van der Waals surface area contributed by atoms with Crippen molar-refractivity contribution in [1.82, 2.24) is 0 Å². The second-order valence-electron chi connectivity index (χ2n) is 4.45. The van der Waals surface area contributed by atoms with Crippen LogP contribution < -0.4 is 0 Å². The third kappa shape index (κ3) is 59900. The zero-order valence-electron chi connectivity index (χ0n) is 21.3. The quantitative estimate of drug-likeness (QED) is 0.306. The molecule has 0 spiro atoms. The minimum absolute atomic E-state index is 0. The molecule has 36 heavy (non-hydrogen) atoms. The average Bonchev–Trinajstić information content (AvgIpc) is 2.30. The zero-order valence-corrected chi connectivity index (χ0v) is 35.6. The van der Waals surface area contributed by atoms with Gasteiger partial charge in [0.05, 0.1) is 0 Å². The molecular formula is C16H32Hf4N8O8-8. The molecule has 0 radical (unpaired) electrons. The van der Waals surface area contributed by atoms with Crippen LogP contribution in [0.15, 0.2) is 0 Å². The first-order valence-corrected chi connectivity index (χ1v) is 7.63. The van der Waals surface area contributed by atoms with E-state index in [-0.39, 0.29) is 103 Å². The van der Waals surface area contributed by atoms with E-state index < -0.39 is 47.3 Å². The molecule has 0 bridgehead atoms. The van der Waals surface area contributed by atoms with Crippen molar-refractivity contribution < 1.29 is 142 Å². The summed E-state index contributed by atoms with van der Waals surface area (Å²) in [6, 6.07) is 0. The summed E-state index contributed by atoms with van der Waals surface area (Å²) in [5.41, 5.74) is 47.6. The Morgan fingerprint density at radius 2 is 0.250 bits per heavy atom. The van der Waals surface area contributed by atoms with Gasteiger partial charge >= 0.3 is 0 Å². The molecule has 0 aromatic carbocycles. The van der Waals surface area contributed by atoms with Crippen molar-refractivity contribution in [2.45, 2.75) is 55.4 Å². The fourth-order valence-electron chi connectivity index (χ4n) is 0. The summed E-state index contributed by atoms with van der Waals surface area (Å²) in [5.74, 6) is -4.67. The van der Waals surface area contributed by atoms with E-state index in [9.17, 15) is 0 Å².